The molecule has 1 aromatic rings. The van der Waals surface area contributed by atoms with Crippen molar-refractivity contribution in [3.63, 3.8) is 0 Å². The molecule has 0 radical (unpaired) electrons. The first-order valence-corrected chi connectivity index (χ1v) is 6.13. The number of carbonyl (C=O) groups is 1. The number of hydrogen-bond acceptors (Lipinski definition) is 3. The molecule has 0 amide bonds. The topological polar surface area (TPSA) is 53.4 Å². The summed E-state index contributed by atoms with van der Waals surface area (Å²) >= 11 is 0. The van der Waals surface area contributed by atoms with Gasteiger partial charge in [0.1, 0.15) is 0 Å². The quantitative estimate of drug-likeness (QED) is 0.866. The molecule has 0 aliphatic carbocycles. The van der Waals surface area contributed by atoms with Crippen molar-refractivity contribution in [1.29, 1.82) is 0 Å². The van der Waals surface area contributed by atoms with Crippen molar-refractivity contribution in [3.05, 3.63) is 30.1 Å². The number of rotatable bonds is 4. The number of likely N-dealkylation sites (tertiary alicyclic amines) is 1. The molecular weight excluding hydrogens is 216 g/mol. The Morgan fingerprint density at radius 2 is 2.18 bits per heavy atom. The van der Waals surface area contributed by atoms with E-state index in [2.05, 4.69) is 9.88 Å². The normalized spacial score (nSPS) is 18.8. The highest BCUT2D eigenvalue weighted by molar-refractivity contribution is 5.67. The molecule has 1 aliphatic rings. The lowest BCUT2D eigenvalue weighted by atomic mass is 10.0. The summed E-state index contributed by atoms with van der Waals surface area (Å²) in [6, 6.07) is 3.81. The predicted octanol–water partition coefficient (Wildman–Crippen LogP) is 2.08. The van der Waals surface area contributed by atoms with E-state index in [1.54, 1.807) is 12.4 Å². The van der Waals surface area contributed by atoms with Crippen molar-refractivity contribution in [3.8, 4) is 0 Å². The molecule has 0 spiro atoms. The lowest BCUT2D eigenvalue weighted by Crippen LogP contribution is -2.35. The molecule has 2 rings (SSSR count). The third kappa shape index (κ3) is 3.27. The van der Waals surface area contributed by atoms with Crippen molar-refractivity contribution < 1.29 is 9.90 Å². The van der Waals surface area contributed by atoms with Crippen LogP contribution >= 0.6 is 0 Å². The SMILES string of the molecule is O=C(O)CC(c1cccnc1)N1CCCCC1. The fourth-order valence-corrected chi connectivity index (χ4v) is 2.43. The fraction of sp³-hybridized carbons (Fsp3) is 0.538. The average Bonchev–Trinajstić information content (AvgIpc) is 2.38. The molecule has 1 saturated heterocycles. The average molecular weight is 234 g/mol. The number of hydrogen-bond donors (Lipinski definition) is 1. The third-order valence-electron chi connectivity index (χ3n) is 3.27. The summed E-state index contributed by atoms with van der Waals surface area (Å²) in [5.41, 5.74) is 1.01. The maximum atomic E-state index is 11.0. The molecule has 4 nitrogen and oxygen atoms in total. The van der Waals surface area contributed by atoms with Gasteiger partial charge in [0.2, 0.25) is 0 Å². The molecule has 1 fully saturated rings. The standard InChI is InChI=1S/C13H18N2O2/c16-13(17)9-12(11-5-4-6-14-10-11)15-7-2-1-3-8-15/h4-6,10,12H,1-3,7-9H2,(H,16,17). The molecule has 1 unspecified atom stereocenters. The molecule has 4 heteroatoms. The highest BCUT2D eigenvalue weighted by atomic mass is 16.4. The number of pyridine rings is 1. The number of carboxylic acid groups (broad SMARTS) is 1. The number of piperidine rings is 1. The molecule has 92 valence electrons. The number of nitrogens with zero attached hydrogens (tertiary/aromatic N) is 2. The van der Waals surface area contributed by atoms with Crippen LogP contribution in [0.1, 0.15) is 37.3 Å². The maximum Gasteiger partial charge on any atom is 0.305 e. The van der Waals surface area contributed by atoms with Gasteiger partial charge in [0.05, 0.1) is 6.42 Å². The van der Waals surface area contributed by atoms with Crippen LogP contribution in [0.3, 0.4) is 0 Å². The van der Waals surface area contributed by atoms with Gasteiger partial charge in [-0.15, -0.1) is 0 Å². The number of aliphatic carboxylic acids is 1. The van der Waals surface area contributed by atoms with Crippen molar-refractivity contribution >= 4 is 5.97 Å². The zero-order valence-electron chi connectivity index (χ0n) is 9.88. The summed E-state index contributed by atoms with van der Waals surface area (Å²) in [6.45, 7) is 1.99. The molecule has 1 aliphatic heterocycles. The van der Waals surface area contributed by atoms with E-state index in [1.165, 1.54) is 6.42 Å². The van der Waals surface area contributed by atoms with E-state index in [9.17, 15) is 4.79 Å². The second kappa shape index (κ2) is 5.77. The third-order valence-corrected chi connectivity index (χ3v) is 3.27. The minimum Gasteiger partial charge on any atom is -0.481 e. The first-order chi connectivity index (χ1) is 8.27. The second-order valence-corrected chi connectivity index (χ2v) is 4.50. The van der Waals surface area contributed by atoms with E-state index >= 15 is 0 Å². The summed E-state index contributed by atoms with van der Waals surface area (Å²) < 4.78 is 0. The Labute approximate surface area is 101 Å². The van der Waals surface area contributed by atoms with Gasteiger partial charge in [-0.05, 0) is 37.6 Å². The Kier molecular flexibility index (Phi) is 4.09. The molecule has 1 atom stereocenters. The summed E-state index contributed by atoms with van der Waals surface area (Å²) in [5, 5.41) is 9.03. The first kappa shape index (κ1) is 12.0. The zero-order valence-corrected chi connectivity index (χ0v) is 9.88. The molecule has 0 bridgehead atoms. The molecule has 1 aromatic heterocycles. The summed E-state index contributed by atoms with van der Waals surface area (Å²) in [7, 11) is 0. The van der Waals surface area contributed by atoms with Crippen LogP contribution in [0, 0.1) is 0 Å². The van der Waals surface area contributed by atoms with Gasteiger partial charge in [-0.1, -0.05) is 12.5 Å². The van der Waals surface area contributed by atoms with Gasteiger partial charge >= 0.3 is 5.97 Å². The van der Waals surface area contributed by atoms with E-state index in [4.69, 9.17) is 5.11 Å². The van der Waals surface area contributed by atoms with Gasteiger partial charge in [0.15, 0.2) is 0 Å². The van der Waals surface area contributed by atoms with Crippen LogP contribution in [0.5, 0.6) is 0 Å². The van der Waals surface area contributed by atoms with Crippen molar-refractivity contribution in [1.82, 2.24) is 9.88 Å². The van der Waals surface area contributed by atoms with Crippen LogP contribution in [0.15, 0.2) is 24.5 Å². The smallest absolute Gasteiger partial charge is 0.305 e. The van der Waals surface area contributed by atoms with E-state index in [0.717, 1.165) is 31.5 Å². The van der Waals surface area contributed by atoms with E-state index < -0.39 is 5.97 Å². The summed E-state index contributed by atoms with van der Waals surface area (Å²) in [5.74, 6) is -0.746. The van der Waals surface area contributed by atoms with Crippen LogP contribution in [-0.4, -0.2) is 34.0 Å². The number of aromatic nitrogens is 1. The minimum atomic E-state index is -0.746. The molecule has 0 saturated carbocycles. The minimum absolute atomic E-state index is 0.0264. The van der Waals surface area contributed by atoms with Crippen LogP contribution in [0.4, 0.5) is 0 Å². The highest BCUT2D eigenvalue weighted by Gasteiger charge is 2.24. The van der Waals surface area contributed by atoms with Crippen molar-refractivity contribution in [2.45, 2.75) is 31.7 Å². The lowest BCUT2D eigenvalue weighted by molar-refractivity contribution is -0.138. The summed E-state index contributed by atoms with van der Waals surface area (Å²) in [4.78, 5) is 17.3. The Balaban J connectivity index is 2.15. The van der Waals surface area contributed by atoms with Crippen LogP contribution in [0.25, 0.3) is 0 Å². The first-order valence-electron chi connectivity index (χ1n) is 6.13. The van der Waals surface area contributed by atoms with Gasteiger partial charge in [-0.25, -0.2) is 0 Å². The van der Waals surface area contributed by atoms with E-state index in [1.807, 2.05) is 12.1 Å². The Bertz CT molecular complexity index is 361. The molecule has 0 aromatic carbocycles. The second-order valence-electron chi connectivity index (χ2n) is 4.50. The Morgan fingerprint density at radius 1 is 1.41 bits per heavy atom. The van der Waals surface area contributed by atoms with Gasteiger partial charge in [-0.3, -0.25) is 14.7 Å². The lowest BCUT2D eigenvalue weighted by Gasteiger charge is -2.33. The Hall–Kier alpha value is -1.42. The van der Waals surface area contributed by atoms with Crippen LogP contribution < -0.4 is 0 Å². The van der Waals surface area contributed by atoms with E-state index in [-0.39, 0.29) is 12.5 Å². The fourth-order valence-electron chi connectivity index (χ4n) is 2.43. The van der Waals surface area contributed by atoms with E-state index in [0.29, 0.717) is 0 Å². The van der Waals surface area contributed by atoms with Crippen molar-refractivity contribution in [2.24, 2.45) is 0 Å². The number of carboxylic acids is 1. The monoisotopic (exact) mass is 234 g/mol. The maximum absolute atomic E-state index is 11.0. The summed E-state index contributed by atoms with van der Waals surface area (Å²) in [6.07, 6.45) is 7.24. The van der Waals surface area contributed by atoms with Crippen LogP contribution in [-0.2, 0) is 4.79 Å². The van der Waals surface area contributed by atoms with Gasteiger partial charge in [0.25, 0.3) is 0 Å². The van der Waals surface area contributed by atoms with Crippen LogP contribution in [0.2, 0.25) is 0 Å². The van der Waals surface area contributed by atoms with Crippen molar-refractivity contribution in [2.75, 3.05) is 13.1 Å². The predicted molar refractivity (Wildman–Crippen MR) is 64.7 cm³/mol. The highest BCUT2D eigenvalue weighted by Crippen LogP contribution is 2.26. The zero-order chi connectivity index (χ0) is 12.1. The molecule has 2 heterocycles. The Morgan fingerprint density at radius 3 is 2.76 bits per heavy atom. The van der Waals surface area contributed by atoms with Gasteiger partial charge in [-0.2, -0.15) is 0 Å². The van der Waals surface area contributed by atoms with Gasteiger partial charge < -0.3 is 5.11 Å². The molecule has 17 heavy (non-hydrogen) atoms. The largest absolute Gasteiger partial charge is 0.481 e. The molecule has 1 N–H and O–H groups in total. The molecular formula is C13H18N2O2. The van der Waals surface area contributed by atoms with Gasteiger partial charge in [0, 0.05) is 18.4 Å².